The maximum absolute atomic E-state index is 12.6. The van der Waals surface area contributed by atoms with Gasteiger partial charge in [0.05, 0.1) is 18.8 Å². The van der Waals surface area contributed by atoms with Crippen molar-refractivity contribution < 1.29 is 14.3 Å². The summed E-state index contributed by atoms with van der Waals surface area (Å²) in [5.74, 6) is -0.127. The standard InChI is InChI=1S/C19H23NO3/c1-19(14-23-3,17-7-5-4-6-8-17)20-18(21)16-11-9-15(10-12-16)13-22-2/h4-12H,13-14H2,1-3H3,(H,20,21)/t19-/m0/s1. The van der Waals surface area contributed by atoms with Gasteiger partial charge in [0.1, 0.15) is 0 Å². The second-order valence-electron chi connectivity index (χ2n) is 5.72. The minimum absolute atomic E-state index is 0.127. The van der Waals surface area contributed by atoms with Crippen LogP contribution < -0.4 is 5.32 Å². The zero-order valence-electron chi connectivity index (χ0n) is 13.8. The molecule has 1 amide bonds. The topological polar surface area (TPSA) is 47.6 Å². The highest BCUT2D eigenvalue weighted by Crippen LogP contribution is 2.21. The van der Waals surface area contributed by atoms with Crippen molar-refractivity contribution in [3.63, 3.8) is 0 Å². The van der Waals surface area contributed by atoms with E-state index < -0.39 is 5.54 Å². The van der Waals surface area contributed by atoms with Gasteiger partial charge in [-0.3, -0.25) is 4.79 Å². The number of hydrogen-bond donors (Lipinski definition) is 1. The SMILES string of the molecule is COCc1ccc(C(=O)N[C@@](C)(COC)c2ccccc2)cc1. The van der Waals surface area contributed by atoms with Gasteiger partial charge in [0.15, 0.2) is 0 Å². The Kier molecular flexibility index (Phi) is 5.90. The highest BCUT2D eigenvalue weighted by molar-refractivity contribution is 5.94. The van der Waals surface area contributed by atoms with E-state index in [1.54, 1.807) is 14.2 Å². The van der Waals surface area contributed by atoms with Crippen molar-refractivity contribution in [3.05, 3.63) is 71.3 Å². The van der Waals surface area contributed by atoms with E-state index in [9.17, 15) is 4.79 Å². The number of methoxy groups -OCH3 is 2. The number of carbonyl (C=O) groups is 1. The molecular weight excluding hydrogens is 290 g/mol. The van der Waals surface area contributed by atoms with E-state index in [-0.39, 0.29) is 5.91 Å². The van der Waals surface area contributed by atoms with Crippen molar-refractivity contribution in [2.45, 2.75) is 19.1 Å². The molecule has 1 N–H and O–H groups in total. The lowest BCUT2D eigenvalue weighted by atomic mass is 9.92. The molecule has 0 aliphatic rings. The summed E-state index contributed by atoms with van der Waals surface area (Å²) < 4.78 is 10.4. The van der Waals surface area contributed by atoms with E-state index in [2.05, 4.69) is 5.32 Å². The third-order valence-electron chi connectivity index (χ3n) is 3.76. The van der Waals surface area contributed by atoms with Crippen LogP contribution in [0.3, 0.4) is 0 Å². The molecule has 122 valence electrons. The Bertz CT molecular complexity index is 625. The minimum atomic E-state index is -0.585. The Morgan fingerprint density at radius 3 is 2.22 bits per heavy atom. The van der Waals surface area contributed by atoms with Gasteiger partial charge in [-0.15, -0.1) is 0 Å². The van der Waals surface area contributed by atoms with E-state index in [1.165, 1.54) is 0 Å². The fourth-order valence-corrected chi connectivity index (χ4v) is 2.53. The summed E-state index contributed by atoms with van der Waals surface area (Å²) in [5.41, 5.74) is 2.07. The normalized spacial score (nSPS) is 13.3. The van der Waals surface area contributed by atoms with Crippen LogP contribution in [0.1, 0.15) is 28.4 Å². The third kappa shape index (κ3) is 4.41. The predicted molar refractivity (Wildman–Crippen MR) is 90.3 cm³/mol. The number of hydrogen-bond acceptors (Lipinski definition) is 3. The molecule has 4 nitrogen and oxygen atoms in total. The van der Waals surface area contributed by atoms with Crippen LogP contribution >= 0.6 is 0 Å². The monoisotopic (exact) mass is 313 g/mol. The largest absolute Gasteiger partial charge is 0.382 e. The first-order chi connectivity index (χ1) is 11.1. The molecule has 0 saturated heterocycles. The van der Waals surface area contributed by atoms with Gasteiger partial charge in [-0.05, 0) is 30.2 Å². The molecule has 0 aliphatic heterocycles. The molecule has 0 aromatic heterocycles. The van der Waals surface area contributed by atoms with E-state index >= 15 is 0 Å². The molecule has 0 fully saturated rings. The molecule has 0 saturated carbocycles. The molecule has 0 spiro atoms. The second kappa shape index (κ2) is 7.90. The van der Waals surface area contributed by atoms with Crippen LogP contribution in [0.25, 0.3) is 0 Å². The average Bonchev–Trinajstić information content (AvgIpc) is 2.57. The zero-order valence-corrected chi connectivity index (χ0v) is 13.8. The maximum Gasteiger partial charge on any atom is 0.252 e. The van der Waals surface area contributed by atoms with Gasteiger partial charge < -0.3 is 14.8 Å². The molecule has 0 unspecified atom stereocenters. The van der Waals surface area contributed by atoms with Crippen LogP contribution in [-0.2, 0) is 21.6 Å². The zero-order chi connectivity index (χ0) is 16.7. The van der Waals surface area contributed by atoms with Gasteiger partial charge in [0.2, 0.25) is 0 Å². The highest BCUT2D eigenvalue weighted by Gasteiger charge is 2.28. The molecule has 2 rings (SSSR count). The van der Waals surface area contributed by atoms with Crippen molar-refractivity contribution >= 4 is 5.91 Å². The Hall–Kier alpha value is -2.17. The summed E-state index contributed by atoms with van der Waals surface area (Å²) in [7, 11) is 3.28. The molecule has 0 heterocycles. The van der Waals surface area contributed by atoms with Crippen molar-refractivity contribution in [2.24, 2.45) is 0 Å². The Labute approximate surface area is 137 Å². The predicted octanol–water partition coefficient (Wildman–Crippen LogP) is 3.12. The Morgan fingerprint density at radius 1 is 1.00 bits per heavy atom. The first-order valence-electron chi connectivity index (χ1n) is 7.54. The number of ether oxygens (including phenoxy) is 2. The number of rotatable bonds is 7. The number of carbonyl (C=O) groups excluding carboxylic acids is 1. The lowest BCUT2D eigenvalue weighted by Crippen LogP contribution is -2.46. The molecule has 2 aromatic carbocycles. The smallest absolute Gasteiger partial charge is 0.252 e. The van der Waals surface area contributed by atoms with Crippen molar-refractivity contribution in [1.29, 1.82) is 0 Å². The third-order valence-corrected chi connectivity index (χ3v) is 3.76. The van der Waals surface area contributed by atoms with E-state index in [4.69, 9.17) is 9.47 Å². The number of amides is 1. The van der Waals surface area contributed by atoms with E-state index in [0.29, 0.717) is 18.8 Å². The summed E-state index contributed by atoms with van der Waals surface area (Å²) in [6, 6.07) is 17.2. The van der Waals surface area contributed by atoms with Gasteiger partial charge in [-0.2, -0.15) is 0 Å². The van der Waals surface area contributed by atoms with Gasteiger partial charge in [0, 0.05) is 19.8 Å². The lowest BCUT2D eigenvalue weighted by molar-refractivity contribution is 0.0786. The molecule has 4 heteroatoms. The van der Waals surface area contributed by atoms with Crippen LogP contribution in [0.5, 0.6) is 0 Å². The fraction of sp³-hybridized carbons (Fsp3) is 0.316. The van der Waals surface area contributed by atoms with Crippen LogP contribution in [0.2, 0.25) is 0 Å². The summed E-state index contributed by atoms with van der Waals surface area (Å²) >= 11 is 0. The summed E-state index contributed by atoms with van der Waals surface area (Å²) in [4.78, 5) is 12.6. The minimum Gasteiger partial charge on any atom is -0.382 e. The van der Waals surface area contributed by atoms with E-state index in [1.807, 2.05) is 61.5 Å². The summed E-state index contributed by atoms with van der Waals surface area (Å²) in [6.07, 6.45) is 0. The second-order valence-corrected chi connectivity index (χ2v) is 5.72. The number of benzene rings is 2. The van der Waals surface area contributed by atoms with Crippen LogP contribution in [0.15, 0.2) is 54.6 Å². The van der Waals surface area contributed by atoms with Crippen LogP contribution in [0.4, 0.5) is 0 Å². The van der Waals surface area contributed by atoms with Crippen molar-refractivity contribution in [1.82, 2.24) is 5.32 Å². The number of nitrogens with one attached hydrogen (secondary N) is 1. The summed E-state index contributed by atoms with van der Waals surface area (Å²) in [6.45, 7) is 2.89. The average molecular weight is 313 g/mol. The van der Waals surface area contributed by atoms with Crippen molar-refractivity contribution in [2.75, 3.05) is 20.8 Å². The maximum atomic E-state index is 12.6. The summed E-state index contributed by atoms with van der Waals surface area (Å²) in [5, 5.41) is 3.08. The first kappa shape index (κ1) is 17.2. The quantitative estimate of drug-likeness (QED) is 0.854. The molecule has 0 bridgehead atoms. The molecule has 2 aromatic rings. The van der Waals surface area contributed by atoms with Gasteiger partial charge in [0.25, 0.3) is 5.91 Å². The Morgan fingerprint density at radius 2 is 1.65 bits per heavy atom. The highest BCUT2D eigenvalue weighted by atomic mass is 16.5. The van der Waals surface area contributed by atoms with Crippen LogP contribution in [0, 0.1) is 0 Å². The van der Waals surface area contributed by atoms with Gasteiger partial charge >= 0.3 is 0 Å². The van der Waals surface area contributed by atoms with Crippen LogP contribution in [-0.4, -0.2) is 26.7 Å². The first-order valence-corrected chi connectivity index (χ1v) is 7.54. The lowest BCUT2D eigenvalue weighted by Gasteiger charge is -2.30. The Balaban J connectivity index is 2.17. The van der Waals surface area contributed by atoms with Gasteiger partial charge in [-0.25, -0.2) is 0 Å². The molecule has 0 radical (unpaired) electrons. The molecular formula is C19H23NO3. The fourth-order valence-electron chi connectivity index (χ4n) is 2.53. The molecule has 1 atom stereocenters. The molecule has 23 heavy (non-hydrogen) atoms. The van der Waals surface area contributed by atoms with E-state index in [0.717, 1.165) is 11.1 Å². The molecule has 0 aliphatic carbocycles. The van der Waals surface area contributed by atoms with Gasteiger partial charge in [-0.1, -0.05) is 42.5 Å². The van der Waals surface area contributed by atoms with Crippen molar-refractivity contribution in [3.8, 4) is 0 Å².